The van der Waals surface area contributed by atoms with E-state index in [0.717, 1.165) is 18.4 Å². The van der Waals surface area contributed by atoms with Crippen molar-refractivity contribution >= 4 is 11.6 Å². The number of carbonyl (C=O) groups excluding carboxylic acids is 1. The van der Waals surface area contributed by atoms with Gasteiger partial charge in [-0.3, -0.25) is 4.79 Å². The van der Waals surface area contributed by atoms with Crippen molar-refractivity contribution in [3.05, 3.63) is 53.9 Å². The standard InChI is InChI=1S/C19H15N3O4/c23-18(20-14-7-8-15-16(9-14)25-10-24-15)12-3-1-11(2-4-12)17-21-19(26-22-17)13-5-6-13/h1-4,7-9,13H,5-6,10H2,(H,20,23). The molecular weight excluding hydrogens is 334 g/mol. The van der Waals surface area contributed by atoms with Crippen molar-refractivity contribution < 1.29 is 18.8 Å². The van der Waals surface area contributed by atoms with Gasteiger partial charge in [0.2, 0.25) is 18.5 Å². The van der Waals surface area contributed by atoms with Gasteiger partial charge in [-0.25, -0.2) is 0 Å². The van der Waals surface area contributed by atoms with Gasteiger partial charge in [-0.1, -0.05) is 17.3 Å². The van der Waals surface area contributed by atoms with Gasteiger partial charge in [0, 0.05) is 28.8 Å². The maximum atomic E-state index is 12.4. The summed E-state index contributed by atoms with van der Waals surface area (Å²) in [5.41, 5.74) is 2.01. The van der Waals surface area contributed by atoms with Gasteiger partial charge in [0.05, 0.1) is 0 Å². The average Bonchev–Trinajstić information content (AvgIpc) is 3.21. The summed E-state index contributed by atoms with van der Waals surface area (Å²) in [4.78, 5) is 16.8. The Hall–Kier alpha value is -3.35. The fraction of sp³-hybridized carbons (Fsp3) is 0.211. The quantitative estimate of drug-likeness (QED) is 0.774. The molecule has 1 aliphatic carbocycles. The Morgan fingerprint density at radius 1 is 1.04 bits per heavy atom. The number of rotatable bonds is 4. The van der Waals surface area contributed by atoms with Crippen LogP contribution < -0.4 is 14.8 Å². The lowest BCUT2D eigenvalue weighted by Crippen LogP contribution is -2.11. The number of benzene rings is 2. The van der Waals surface area contributed by atoms with Crippen LogP contribution in [0.3, 0.4) is 0 Å². The highest BCUT2D eigenvalue weighted by Gasteiger charge is 2.29. The normalized spacial score (nSPS) is 15.1. The molecule has 2 heterocycles. The lowest BCUT2D eigenvalue weighted by atomic mass is 10.1. The molecule has 0 radical (unpaired) electrons. The van der Waals surface area contributed by atoms with Gasteiger partial charge < -0.3 is 19.3 Å². The van der Waals surface area contributed by atoms with Crippen LogP contribution >= 0.6 is 0 Å². The number of ether oxygens (including phenoxy) is 2. The van der Waals surface area contributed by atoms with Crippen LogP contribution in [0.5, 0.6) is 11.5 Å². The molecule has 0 bridgehead atoms. The van der Waals surface area contributed by atoms with Crippen LogP contribution in [-0.2, 0) is 0 Å². The Labute approximate surface area is 148 Å². The summed E-state index contributed by atoms with van der Waals surface area (Å²) >= 11 is 0. The second-order valence-corrected chi connectivity index (χ2v) is 6.33. The average molecular weight is 349 g/mol. The van der Waals surface area contributed by atoms with E-state index in [1.165, 1.54) is 0 Å². The fourth-order valence-corrected chi connectivity index (χ4v) is 2.80. The minimum atomic E-state index is -0.206. The van der Waals surface area contributed by atoms with Crippen LogP contribution in [0.15, 0.2) is 47.0 Å². The number of hydrogen-bond acceptors (Lipinski definition) is 6. The van der Waals surface area contributed by atoms with Crippen molar-refractivity contribution in [2.75, 3.05) is 12.1 Å². The van der Waals surface area contributed by atoms with Gasteiger partial charge in [0.15, 0.2) is 11.5 Å². The van der Waals surface area contributed by atoms with Crippen LogP contribution in [0.2, 0.25) is 0 Å². The van der Waals surface area contributed by atoms with E-state index < -0.39 is 0 Å². The SMILES string of the molecule is O=C(Nc1ccc2c(c1)OCO2)c1ccc(-c2noc(C3CC3)n2)cc1. The molecule has 1 aliphatic heterocycles. The predicted molar refractivity (Wildman–Crippen MR) is 92.2 cm³/mol. The highest BCUT2D eigenvalue weighted by molar-refractivity contribution is 6.04. The fourth-order valence-electron chi connectivity index (χ4n) is 2.80. The highest BCUT2D eigenvalue weighted by atomic mass is 16.7. The molecule has 0 saturated heterocycles. The predicted octanol–water partition coefficient (Wildman–Crippen LogP) is 3.60. The van der Waals surface area contributed by atoms with Gasteiger partial charge in [0.25, 0.3) is 5.91 Å². The van der Waals surface area contributed by atoms with Crippen molar-refractivity contribution in [2.45, 2.75) is 18.8 Å². The number of fused-ring (bicyclic) bond motifs is 1. The first kappa shape index (κ1) is 14.9. The Kier molecular flexibility index (Phi) is 3.38. The minimum absolute atomic E-state index is 0.201. The molecular formula is C19H15N3O4. The highest BCUT2D eigenvalue weighted by Crippen LogP contribution is 2.39. The Bertz CT molecular complexity index is 977. The van der Waals surface area contributed by atoms with Gasteiger partial charge in [-0.15, -0.1) is 0 Å². The van der Waals surface area contributed by atoms with E-state index in [9.17, 15) is 4.79 Å². The third-order valence-electron chi connectivity index (χ3n) is 4.40. The molecule has 0 unspecified atom stereocenters. The Morgan fingerprint density at radius 2 is 1.85 bits per heavy atom. The maximum Gasteiger partial charge on any atom is 0.255 e. The minimum Gasteiger partial charge on any atom is -0.454 e. The molecule has 130 valence electrons. The smallest absolute Gasteiger partial charge is 0.255 e. The molecule has 1 saturated carbocycles. The molecule has 2 aliphatic rings. The second kappa shape index (κ2) is 5.87. The monoisotopic (exact) mass is 349 g/mol. The van der Waals surface area contributed by atoms with Crippen LogP contribution in [0.25, 0.3) is 11.4 Å². The maximum absolute atomic E-state index is 12.4. The lowest BCUT2D eigenvalue weighted by molar-refractivity contribution is 0.102. The third kappa shape index (κ3) is 2.77. The van der Waals surface area contributed by atoms with E-state index in [4.69, 9.17) is 14.0 Å². The molecule has 1 fully saturated rings. The summed E-state index contributed by atoms with van der Waals surface area (Å²) in [7, 11) is 0. The summed E-state index contributed by atoms with van der Waals surface area (Å²) in [6, 6.07) is 12.4. The van der Waals surface area contributed by atoms with Gasteiger partial charge in [-0.2, -0.15) is 4.98 Å². The summed E-state index contributed by atoms with van der Waals surface area (Å²) in [5, 5.41) is 6.86. The molecule has 7 heteroatoms. The first-order valence-corrected chi connectivity index (χ1v) is 8.41. The number of nitrogens with zero attached hydrogens (tertiary/aromatic N) is 2. The van der Waals surface area contributed by atoms with E-state index >= 15 is 0 Å². The van der Waals surface area contributed by atoms with Crippen molar-refractivity contribution in [3.63, 3.8) is 0 Å². The van der Waals surface area contributed by atoms with Crippen molar-refractivity contribution in [1.29, 1.82) is 0 Å². The molecule has 7 nitrogen and oxygen atoms in total. The molecule has 0 atom stereocenters. The van der Waals surface area contributed by atoms with E-state index in [0.29, 0.717) is 40.4 Å². The number of amides is 1. The van der Waals surface area contributed by atoms with Crippen molar-refractivity contribution in [2.24, 2.45) is 0 Å². The number of aromatic nitrogens is 2. The molecule has 0 spiro atoms. The molecule has 1 amide bonds. The molecule has 5 rings (SSSR count). The number of anilines is 1. The molecule has 1 N–H and O–H groups in total. The summed E-state index contributed by atoms with van der Waals surface area (Å²) in [6.45, 7) is 0.201. The van der Waals surface area contributed by atoms with E-state index in [1.807, 2.05) is 12.1 Å². The summed E-state index contributed by atoms with van der Waals surface area (Å²) in [5.74, 6) is 2.77. The van der Waals surface area contributed by atoms with Crippen LogP contribution in [0.1, 0.15) is 35.0 Å². The molecule has 26 heavy (non-hydrogen) atoms. The van der Waals surface area contributed by atoms with E-state index in [2.05, 4.69) is 15.5 Å². The number of carbonyl (C=O) groups is 1. The molecule has 1 aromatic heterocycles. The van der Waals surface area contributed by atoms with Crippen molar-refractivity contribution in [1.82, 2.24) is 10.1 Å². The molecule has 3 aromatic rings. The number of nitrogens with one attached hydrogen (secondary N) is 1. The second-order valence-electron chi connectivity index (χ2n) is 6.33. The van der Waals surface area contributed by atoms with E-state index in [1.54, 1.807) is 30.3 Å². The zero-order chi connectivity index (χ0) is 17.5. The van der Waals surface area contributed by atoms with Gasteiger partial charge in [-0.05, 0) is 37.1 Å². The van der Waals surface area contributed by atoms with Crippen LogP contribution in [0, 0.1) is 0 Å². The van der Waals surface area contributed by atoms with Crippen LogP contribution in [0.4, 0.5) is 5.69 Å². The largest absolute Gasteiger partial charge is 0.454 e. The first-order chi connectivity index (χ1) is 12.8. The van der Waals surface area contributed by atoms with Crippen LogP contribution in [-0.4, -0.2) is 22.8 Å². The van der Waals surface area contributed by atoms with Gasteiger partial charge in [0.1, 0.15) is 0 Å². The van der Waals surface area contributed by atoms with Crippen molar-refractivity contribution in [3.8, 4) is 22.9 Å². The van der Waals surface area contributed by atoms with E-state index in [-0.39, 0.29) is 12.7 Å². The lowest BCUT2D eigenvalue weighted by Gasteiger charge is -2.06. The molecule has 2 aromatic carbocycles. The van der Waals surface area contributed by atoms with Gasteiger partial charge >= 0.3 is 0 Å². The summed E-state index contributed by atoms with van der Waals surface area (Å²) in [6.07, 6.45) is 2.22. The topological polar surface area (TPSA) is 86.5 Å². The summed E-state index contributed by atoms with van der Waals surface area (Å²) < 4.78 is 15.9. The number of hydrogen-bond donors (Lipinski definition) is 1. The zero-order valence-corrected chi connectivity index (χ0v) is 13.8. The Balaban J connectivity index is 1.31. The zero-order valence-electron chi connectivity index (χ0n) is 13.8. The Morgan fingerprint density at radius 3 is 2.65 bits per heavy atom. The third-order valence-corrected chi connectivity index (χ3v) is 4.40. The first-order valence-electron chi connectivity index (χ1n) is 8.41.